The largest absolute Gasteiger partial charge is 0.314 e. The zero-order valence-electron chi connectivity index (χ0n) is 13.0. The molecule has 0 fully saturated rings. The minimum atomic E-state index is 0.613. The zero-order valence-corrected chi connectivity index (χ0v) is 14.5. The van der Waals surface area contributed by atoms with Crippen molar-refractivity contribution >= 4 is 15.9 Å². The van der Waals surface area contributed by atoms with Gasteiger partial charge < -0.3 is 5.32 Å². The third-order valence-electron chi connectivity index (χ3n) is 3.43. The molecule has 0 aliphatic rings. The Labute approximate surface area is 126 Å². The van der Waals surface area contributed by atoms with Crippen molar-refractivity contribution in [2.45, 2.75) is 59.4 Å². The van der Waals surface area contributed by atoms with Crippen LogP contribution in [0.1, 0.15) is 51.4 Å². The lowest BCUT2D eigenvalue weighted by atomic mass is 9.98. The highest BCUT2D eigenvalue weighted by Gasteiger charge is 2.14. The molecule has 0 radical (unpaired) electrons. The van der Waals surface area contributed by atoms with Crippen LogP contribution in [0.15, 0.2) is 4.47 Å². The predicted octanol–water partition coefficient (Wildman–Crippen LogP) is 3.84. The van der Waals surface area contributed by atoms with Gasteiger partial charge in [-0.05, 0) is 61.0 Å². The molecule has 3 nitrogen and oxygen atoms in total. The van der Waals surface area contributed by atoms with E-state index >= 15 is 0 Å². The highest BCUT2D eigenvalue weighted by atomic mass is 79.9. The molecule has 1 atom stereocenters. The molecular formula is C15H28BrN3. The van der Waals surface area contributed by atoms with Crippen LogP contribution in [0.3, 0.4) is 0 Å². The van der Waals surface area contributed by atoms with E-state index < -0.39 is 0 Å². The first-order valence-electron chi connectivity index (χ1n) is 7.37. The van der Waals surface area contributed by atoms with Crippen molar-refractivity contribution in [3.05, 3.63) is 15.9 Å². The summed E-state index contributed by atoms with van der Waals surface area (Å²) in [4.78, 5) is 0. The molecule has 0 amide bonds. The molecule has 1 unspecified atom stereocenters. The average molecular weight is 330 g/mol. The first kappa shape index (κ1) is 16.7. The predicted molar refractivity (Wildman–Crippen MR) is 85.5 cm³/mol. The molecule has 0 saturated heterocycles. The monoisotopic (exact) mass is 329 g/mol. The number of aryl methyl sites for hydroxylation is 2. The summed E-state index contributed by atoms with van der Waals surface area (Å²) in [6.07, 6.45) is 4.69. The van der Waals surface area contributed by atoms with Crippen LogP contribution in [0, 0.1) is 12.8 Å². The number of hydrogen-bond acceptors (Lipinski definition) is 2. The van der Waals surface area contributed by atoms with Gasteiger partial charge >= 0.3 is 0 Å². The summed E-state index contributed by atoms with van der Waals surface area (Å²) in [7, 11) is 2.03. The number of aromatic nitrogens is 2. The van der Waals surface area contributed by atoms with Crippen LogP contribution >= 0.6 is 15.9 Å². The second-order valence-corrected chi connectivity index (χ2v) is 6.58. The Hall–Kier alpha value is -0.350. The van der Waals surface area contributed by atoms with E-state index in [1.807, 2.05) is 11.7 Å². The molecule has 1 rings (SSSR count). The standard InChI is InChI=1S/C15H28BrN3/c1-6-9-17-13(10-11(2)3)7-8-14-15(16)12(4)18-19(14)5/h11,13,17H,6-10H2,1-5H3. The highest BCUT2D eigenvalue weighted by molar-refractivity contribution is 9.10. The molecule has 0 saturated carbocycles. The first-order valence-corrected chi connectivity index (χ1v) is 8.16. The van der Waals surface area contributed by atoms with E-state index in [-0.39, 0.29) is 0 Å². The van der Waals surface area contributed by atoms with Gasteiger partial charge in [0.05, 0.1) is 15.9 Å². The fourth-order valence-corrected chi connectivity index (χ4v) is 3.02. The van der Waals surface area contributed by atoms with E-state index in [4.69, 9.17) is 0 Å². The maximum atomic E-state index is 4.46. The van der Waals surface area contributed by atoms with Crippen molar-refractivity contribution in [1.29, 1.82) is 0 Å². The number of halogens is 1. The van der Waals surface area contributed by atoms with Gasteiger partial charge in [0.15, 0.2) is 0 Å². The van der Waals surface area contributed by atoms with E-state index in [9.17, 15) is 0 Å². The van der Waals surface area contributed by atoms with Crippen LogP contribution in [0.4, 0.5) is 0 Å². The number of nitrogens with zero attached hydrogens (tertiary/aromatic N) is 2. The fourth-order valence-electron chi connectivity index (χ4n) is 2.48. The molecule has 1 aromatic heterocycles. The van der Waals surface area contributed by atoms with Gasteiger partial charge in [0.1, 0.15) is 0 Å². The third-order valence-corrected chi connectivity index (χ3v) is 4.46. The molecule has 0 spiro atoms. The second kappa shape index (κ2) is 8.05. The Morgan fingerprint density at radius 1 is 1.37 bits per heavy atom. The second-order valence-electron chi connectivity index (χ2n) is 5.79. The quantitative estimate of drug-likeness (QED) is 0.785. The van der Waals surface area contributed by atoms with E-state index in [2.05, 4.69) is 54.0 Å². The van der Waals surface area contributed by atoms with Crippen LogP contribution in [0.25, 0.3) is 0 Å². The molecule has 0 aromatic carbocycles. The molecule has 0 aliphatic heterocycles. The van der Waals surface area contributed by atoms with Gasteiger partial charge in [-0.2, -0.15) is 5.10 Å². The van der Waals surface area contributed by atoms with Crippen molar-refractivity contribution < 1.29 is 0 Å². The molecule has 19 heavy (non-hydrogen) atoms. The van der Waals surface area contributed by atoms with Gasteiger partial charge in [0.2, 0.25) is 0 Å². The minimum absolute atomic E-state index is 0.613. The Morgan fingerprint density at radius 3 is 2.53 bits per heavy atom. The Bertz CT molecular complexity index is 385. The van der Waals surface area contributed by atoms with Crippen LogP contribution in [-0.2, 0) is 13.5 Å². The van der Waals surface area contributed by atoms with Gasteiger partial charge in [-0.15, -0.1) is 0 Å². The lowest BCUT2D eigenvalue weighted by molar-refractivity contribution is 0.395. The lowest BCUT2D eigenvalue weighted by Crippen LogP contribution is -2.31. The summed E-state index contributed by atoms with van der Waals surface area (Å²) in [5, 5.41) is 8.13. The Morgan fingerprint density at radius 2 is 2.05 bits per heavy atom. The number of hydrogen-bond donors (Lipinski definition) is 1. The molecule has 1 aromatic rings. The highest BCUT2D eigenvalue weighted by Crippen LogP contribution is 2.22. The maximum Gasteiger partial charge on any atom is 0.0738 e. The fraction of sp³-hybridized carbons (Fsp3) is 0.800. The average Bonchev–Trinajstić information content (AvgIpc) is 2.57. The summed E-state index contributed by atoms with van der Waals surface area (Å²) < 4.78 is 3.18. The summed E-state index contributed by atoms with van der Waals surface area (Å²) in [6, 6.07) is 0.613. The summed E-state index contributed by atoms with van der Waals surface area (Å²) in [6.45, 7) is 9.98. The van der Waals surface area contributed by atoms with Gasteiger partial charge in [0, 0.05) is 13.1 Å². The van der Waals surface area contributed by atoms with Crippen molar-refractivity contribution in [3.63, 3.8) is 0 Å². The van der Waals surface area contributed by atoms with Crippen LogP contribution in [0.5, 0.6) is 0 Å². The van der Waals surface area contributed by atoms with Crippen molar-refractivity contribution in [3.8, 4) is 0 Å². The lowest BCUT2D eigenvalue weighted by Gasteiger charge is -2.20. The topological polar surface area (TPSA) is 29.9 Å². The summed E-state index contributed by atoms with van der Waals surface area (Å²) in [5.41, 5.74) is 2.39. The molecule has 0 aliphatic carbocycles. The van der Waals surface area contributed by atoms with Gasteiger partial charge in [-0.25, -0.2) is 0 Å². The van der Waals surface area contributed by atoms with Gasteiger partial charge in [0.25, 0.3) is 0 Å². The zero-order chi connectivity index (χ0) is 14.4. The van der Waals surface area contributed by atoms with Crippen LogP contribution in [0.2, 0.25) is 0 Å². The minimum Gasteiger partial charge on any atom is -0.314 e. The molecule has 4 heteroatoms. The Kier molecular flexibility index (Phi) is 7.08. The van der Waals surface area contributed by atoms with Crippen LogP contribution in [-0.4, -0.2) is 22.4 Å². The third kappa shape index (κ3) is 5.27. The number of rotatable bonds is 8. The van der Waals surface area contributed by atoms with Crippen molar-refractivity contribution in [1.82, 2.24) is 15.1 Å². The van der Waals surface area contributed by atoms with Crippen molar-refractivity contribution in [2.24, 2.45) is 13.0 Å². The smallest absolute Gasteiger partial charge is 0.0738 e. The van der Waals surface area contributed by atoms with Crippen LogP contribution < -0.4 is 5.32 Å². The molecule has 1 heterocycles. The number of nitrogens with one attached hydrogen (secondary N) is 1. The van der Waals surface area contributed by atoms with E-state index in [1.54, 1.807) is 0 Å². The maximum absolute atomic E-state index is 4.46. The van der Waals surface area contributed by atoms with E-state index in [1.165, 1.54) is 29.4 Å². The molecule has 1 N–H and O–H groups in total. The van der Waals surface area contributed by atoms with Crippen molar-refractivity contribution in [2.75, 3.05) is 6.54 Å². The van der Waals surface area contributed by atoms with E-state index in [0.717, 1.165) is 24.6 Å². The molecular weight excluding hydrogens is 302 g/mol. The SMILES string of the molecule is CCCNC(CCc1c(Br)c(C)nn1C)CC(C)C. The summed E-state index contributed by atoms with van der Waals surface area (Å²) in [5.74, 6) is 0.742. The van der Waals surface area contributed by atoms with Gasteiger partial charge in [-0.3, -0.25) is 4.68 Å². The molecule has 0 bridgehead atoms. The Balaban J connectivity index is 2.59. The molecule has 110 valence electrons. The van der Waals surface area contributed by atoms with E-state index in [0.29, 0.717) is 6.04 Å². The first-order chi connectivity index (χ1) is 8.95. The summed E-state index contributed by atoms with van der Waals surface area (Å²) >= 11 is 3.65. The van der Waals surface area contributed by atoms with Gasteiger partial charge in [-0.1, -0.05) is 20.8 Å². The normalized spacial score (nSPS) is 13.2.